The minimum Gasteiger partial charge on any atom is -0.480 e. The van der Waals surface area contributed by atoms with Crippen LogP contribution in [-0.2, 0) is 11.2 Å². The standard InChI is InChI=1S/C14H21NO3S/c1-5-7-14(4,13(17)18)15-12(16)11-8-10(6-2)9(3)19-11/h8H,5-7H2,1-4H3,(H,15,16)(H,17,18). The predicted molar refractivity (Wildman–Crippen MR) is 76.8 cm³/mol. The first-order chi connectivity index (χ1) is 8.84. The number of aryl methyl sites for hydroxylation is 2. The van der Waals surface area contributed by atoms with E-state index in [1.807, 2.05) is 26.8 Å². The Labute approximate surface area is 117 Å². The molecule has 0 fully saturated rings. The molecule has 0 aliphatic rings. The van der Waals surface area contributed by atoms with Crippen LogP contribution in [0.15, 0.2) is 6.07 Å². The lowest BCUT2D eigenvalue weighted by Crippen LogP contribution is -2.51. The fraction of sp³-hybridized carbons (Fsp3) is 0.571. The maximum atomic E-state index is 12.2. The summed E-state index contributed by atoms with van der Waals surface area (Å²) in [4.78, 5) is 25.1. The van der Waals surface area contributed by atoms with Crippen LogP contribution in [-0.4, -0.2) is 22.5 Å². The Morgan fingerprint density at radius 3 is 2.47 bits per heavy atom. The first-order valence-corrected chi connectivity index (χ1v) is 7.31. The molecule has 1 unspecified atom stereocenters. The SMILES string of the molecule is CCCC(C)(NC(=O)c1cc(CC)c(C)s1)C(=O)O. The van der Waals surface area contributed by atoms with Gasteiger partial charge >= 0.3 is 5.97 Å². The lowest BCUT2D eigenvalue weighted by molar-refractivity contribution is -0.144. The lowest BCUT2D eigenvalue weighted by Gasteiger charge is -2.25. The first kappa shape index (κ1) is 15.7. The average Bonchev–Trinajstić information content (AvgIpc) is 2.70. The molecule has 0 saturated carbocycles. The molecule has 5 heteroatoms. The van der Waals surface area contributed by atoms with Crippen LogP contribution >= 0.6 is 11.3 Å². The summed E-state index contributed by atoms with van der Waals surface area (Å²) in [5.74, 6) is -1.29. The Bertz CT molecular complexity index is 481. The molecular weight excluding hydrogens is 262 g/mol. The highest BCUT2D eigenvalue weighted by Gasteiger charge is 2.34. The van der Waals surface area contributed by atoms with Gasteiger partial charge in [-0.1, -0.05) is 20.3 Å². The number of amides is 1. The second-order valence-corrected chi connectivity index (χ2v) is 6.14. The molecule has 1 heterocycles. The van der Waals surface area contributed by atoms with Crippen molar-refractivity contribution in [2.24, 2.45) is 0 Å². The zero-order valence-electron chi connectivity index (χ0n) is 11.9. The third kappa shape index (κ3) is 3.56. The molecule has 0 aromatic carbocycles. The molecule has 0 aliphatic heterocycles. The molecule has 0 bridgehead atoms. The van der Waals surface area contributed by atoms with E-state index in [0.29, 0.717) is 17.7 Å². The summed E-state index contributed by atoms with van der Waals surface area (Å²) in [7, 11) is 0. The summed E-state index contributed by atoms with van der Waals surface area (Å²) < 4.78 is 0. The van der Waals surface area contributed by atoms with Crippen molar-refractivity contribution in [1.29, 1.82) is 0 Å². The second kappa shape index (κ2) is 6.19. The van der Waals surface area contributed by atoms with Crippen LogP contribution in [0.4, 0.5) is 0 Å². The van der Waals surface area contributed by atoms with Crippen molar-refractivity contribution in [3.63, 3.8) is 0 Å². The van der Waals surface area contributed by atoms with Gasteiger partial charge in [0.15, 0.2) is 0 Å². The van der Waals surface area contributed by atoms with E-state index < -0.39 is 11.5 Å². The number of carboxylic acid groups (broad SMARTS) is 1. The van der Waals surface area contributed by atoms with Gasteiger partial charge in [-0.15, -0.1) is 11.3 Å². The van der Waals surface area contributed by atoms with E-state index in [4.69, 9.17) is 0 Å². The van der Waals surface area contributed by atoms with E-state index in [1.165, 1.54) is 11.3 Å². The molecule has 106 valence electrons. The van der Waals surface area contributed by atoms with Crippen LogP contribution in [0, 0.1) is 6.92 Å². The fourth-order valence-corrected chi connectivity index (χ4v) is 3.03. The molecule has 2 N–H and O–H groups in total. The maximum absolute atomic E-state index is 12.2. The Hall–Kier alpha value is -1.36. The predicted octanol–water partition coefficient (Wildman–Crippen LogP) is 2.99. The van der Waals surface area contributed by atoms with E-state index in [0.717, 1.165) is 16.9 Å². The molecule has 1 amide bonds. The molecule has 1 aromatic rings. The van der Waals surface area contributed by atoms with Gasteiger partial charge in [0.25, 0.3) is 5.91 Å². The molecule has 1 rings (SSSR count). The van der Waals surface area contributed by atoms with Crippen LogP contribution in [0.1, 0.15) is 53.7 Å². The zero-order chi connectivity index (χ0) is 14.6. The van der Waals surface area contributed by atoms with Gasteiger partial charge in [-0.05, 0) is 38.3 Å². The van der Waals surface area contributed by atoms with Gasteiger partial charge in [0.05, 0.1) is 4.88 Å². The number of hydrogen-bond acceptors (Lipinski definition) is 3. The normalized spacial score (nSPS) is 13.9. The number of thiophene rings is 1. The minimum absolute atomic E-state index is 0.300. The number of nitrogens with one attached hydrogen (secondary N) is 1. The first-order valence-electron chi connectivity index (χ1n) is 6.49. The van der Waals surface area contributed by atoms with Crippen molar-refractivity contribution in [1.82, 2.24) is 5.32 Å². The molecule has 0 radical (unpaired) electrons. The van der Waals surface area contributed by atoms with Gasteiger partial charge in [0, 0.05) is 4.88 Å². The summed E-state index contributed by atoms with van der Waals surface area (Å²) in [5.41, 5.74) is -0.0569. The van der Waals surface area contributed by atoms with Crippen molar-refractivity contribution in [2.45, 2.75) is 52.5 Å². The van der Waals surface area contributed by atoms with Crippen molar-refractivity contribution >= 4 is 23.2 Å². The molecule has 1 atom stereocenters. The number of aliphatic carboxylic acids is 1. The third-order valence-corrected chi connectivity index (χ3v) is 4.33. The Kier molecular flexibility index (Phi) is 5.11. The monoisotopic (exact) mass is 283 g/mol. The molecule has 19 heavy (non-hydrogen) atoms. The van der Waals surface area contributed by atoms with Crippen molar-refractivity contribution in [3.8, 4) is 0 Å². The number of rotatable bonds is 6. The van der Waals surface area contributed by atoms with Gasteiger partial charge < -0.3 is 10.4 Å². The number of carbonyl (C=O) groups excluding carboxylic acids is 1. The summed E-state index contributed by atoms with van der Waals surface area (Å²) in [6.07, 6.45) is 1.99. The molecule has 0 spiro atoms. The van der Waals surface area contributed by atoms with Crippen LogP contribution in [0.5, 0.6) is 0 Å². The van der Waals surface area contributed by atoms with Crippen LogP contribution in [0.25, 0.3) is 0 Å². The highest BCUT2D eigenvalue weighted by atomic mass is 32.1. The average molecular weight is 283 g/mol. The lowest BCUT2D eigenvalue weighted by atomic mass is 9.96. The summed E-state index contributed by atoms with van der Waals surface area (Å²) >= 11 is 1.41. The number of carboxylic acids is 1. The Morgan fingerprint density at radius 2 is 2.05 bits per heavy atom. The van der Waals surface area contributed by atoms with Crippen LogP contribution in [0.3, 0.4) is 0 Å². The third-order valence-electron chi connectivity index (χ3n) is 3.24. The quantitative estimate of drug-likeness (QED) is 0.843. The largest absolute Gasteiger partial charge is 0.480 e. The smallest absolute Gasteiger partial charge is 0.329 e. The summed E-state index contributed by atoms with van der Waals surface area (Å²) in [6.45, 7) is 7.47. The Balaban J connectivity index is 2.90. The Morgan fingerprint density at radius 1 is 1.42 bits per heavy atom. The van der Waals surface area contributed by atoms with Gasteiger partial charge in [-0.3, -0.25) is 4.79 Å². The zero-order valence-corrected chi connectivity index (χ0v) is 12.7. The fourth-order valence-electron chi connectivity index (χ4n) is 2.02. The van der Waals surface area contributed by atoms with Gasteiger partial charge in [0.1, 0.15) is 5.54 Å². The highest BCUT2D eigenvalue weighted by Crippen LogP contribution is 2.23. The summed E-state index contributed by atoms with van der Waals surface area (Å²) in [6, 6.07) is 1.85. The number of hydrogen-bond donors (Lipinski definition) is 2. The van der Waals surface area contributed by atoms with Crippen LogP contribution < -0.4 is 5.32 Å². The van der Waals surface area contributed by atoms with Gasteiger partial charge in [0.2, 0.25) is 0 Å². The minimum atomic E-state index is -1.20. The van der Waals surface area contributed by atoms with E-state index in [2.05, 4.69) is 5.32 Å². The second-order valence-electron chi connectivity index (χ2n) is 4.89. The molecule has 0 aliphatic carbocycles. The molecule has 4 nitrogen and oxygen atoms in total. The van der Waals surface area contributed by atoms with Crippen molar-refractivity contribution in [3.05, 3.63) is 21.4 Å². The van der Waals surface area contributed by atoms with Gasteiger partial charge in [-0.2, -0.15) is 0 Å². The molecule has 1 aromatic heterocycles. The number of carbonyl (C=O) groups is 2. The van der Waals surface area contributed by atoms with E-state index in [-0.39, 0.29) is 5.91 Å². The van der Waals surface area contributed by atoms with E-state index in [1.54, 1.807) is 6.92 Å². The van der Waals surface area contributed by atoms with Gasteiger partial charge in [-0.25, -0.2) is 4.79 Å². The highest BCUT2D eigenvalue weighted by molar-refractivity contribution is 7.14. The van der Waals surface area contributed by atoms with E-state index >= 15 is 0 Å². The maximum Gasteiger partial charge on any atom is 0.329 e. The molecular formula is C14H21NO3S. The van der Waals surface area contributed by atoms with Crippen LogP contribution in [0.2, 0.25) is 0 Å². The van der Waals surface area contributed by atoms with Crippen molar-refractivity contribution in [2.75, 3.05) is 0 Å². The molecule has 0 saturated heterocycles. The summed E-state index contributed by atoms with van der Waals surface area (Å²) in [5, 5.41) is 11.9. The van der Waals surface area contributed by atoms with E-state index in [9.17, 15) is 14.7 Å². The van der Waals surface area contributed by atoms with Crippen molar-refractivity contribution < 1.29 is 14.7 Å². The topological polar surface area (TPSA) is 66.4 Å².